The number of rotatable bonds is 6. The molecule has 3 N–H and O–H groups in total. The summed E-state index contributed by atoms with van der Waals surface area (Å²) in [5, 5.41) is 17.4. The number of anilines is 2. The number of nitrogens with zero attached hydrogens (tertiary/aromatic N) is 2. The average Bonchev–Trinajstić information content (AvgIpc) is 3.63. The summed E-state index contributed by atoms with van der Waals surface area (Å²) in [5.74, 6) is 1.02. The van der Waals surface area contributed by atoms with Crippen molar-refractivity contribution in [2.45, 2.75) is 44.6 Å². The van der Waals surface area contributed by atoms with Gasteiger partial charge in [-0.25, -0.2) is 0 Å². The van der Waals surface area contributed by atoms with Crippen LogP contribution in [0.1, 0.15) is 38.5 Å². The molecule has 0 bridgehead atoms. The third-order valence-corrected chi connectivity index (χ3v) is 6.33. The van der Waals surface area contributed by atoms with Gasteiger partial charge in [0.1, 0.15) is 0 Å². The van der Waals surface area contributed by atoms with Gasteiger partial charge < -0.3 is 20.4 Å². The molecule has 1 saturated heterocycles. The molecule has 5 rings (SSSR count). The molecule has 8 heteroatoms. The van der Waals surface area contributed by atoms with Gasteiger partial charge in [0.05, 0.1) is 6.04 Å². The molecule has 2 heterocycles. The molecule has 2 amide bonds. The average molecular weight is 446 g/mol. The van der Waals surface area contributed by atoms with Crippen molar-refractivity contribution in [2.24, 2.45) is 5.92 Å². The van der Waals surface area contributed by atoms with E-state index >= 15 is 0 Å². The molecule has 8 nitrogen and oxygen atoms in total. The van der Waals surface area contributed by atoms with Gasteiger partial charge >= 0.3 is 0 Å². The Kier molecular flexibility index (Phi) is 6.17. The molecule has 0 radical (unpaired) electrons. The van der Waals surface area contributed by atoms with E-state index in [4.69, 9.17) is 4.42 Å². The molecule has 1 aliphatic carbocycles. The van der Waals surface area contributed by atoms with E-state index in [1.165, 1.54) is 0 Å². The van der Waals surface area contributed by atoms with Crippen LogP contribution in [0.2, 0.25) is 0 Å². The Morgan fingerprint density at radius 2 is 1.30 bits per heavy atom. The zero-order chi connectivity index (χ0) is 22.6. The summed E-state index contributed by atoms with van der Waals surface area (Å²) in [6.45, 7) is 0.883. The van der Waals surface area contributed by atoms with Gasteiger partial charge in [-0.2, -0.15) is 0 Å². The second-order valence-corrected chi connectivity index (χ2v) is 8.68. The number of aromatic nitrogens is 2. The first-order chi connectivity index (χ1) is 16.2. The largest absolute Gasteiger partial charge is 0.416 e. The molecule has 1 aliphatic heterocycles. The number of carbonyl (C=O) groups excluding carboxylic acids is 2. The van der Waals surface area contributed by atoms with Crippen molar-refractivity contribution in [3.05, 3.63) is 48.5 Å². The Labute approximate surface area is 192 Å². The lowest BCUT2D eigenvalue weighted by molar-refractivity contribution is -0.119. The fourth-order valence-corrected chi connectivity index (χ4v) is 4.42. The Morgan fingerprint density at radius 1 is 0.758 bits per heavy atom. The van der Waals surface area contributed by atoms with Gasteiger partial charge in [-0.15, -0.1) is 10.2 Å². The number of hydrogen-bond acceptors (Lipinski definition) is 6. The molecule has 2 aliphatic rings. The van der Waals surface area contributed by atoms with Gasteiger partial charge in [-0.3, -0.25) is 9.59 Å². The van der Waals surface area contributed by atoms with Crippen LogP contribution in [0, 0.1) is 5.92 Å². The maximum atomic E-state index is 12.3. The third-order valence-electron chi connectivity index (χ3n) is 6.33. The predicted molar refractivity (Wildman–Crippen MR) is 125 cm³/mol. The smallest absolute Gasteiger partial charge is 0.248 e. The molecule has 170 valence electrons. The molecule has 0 unspecified atom stereocenters. The van der Waals surface area contributed by atoms with E-state index in [-0.39, 0.29) is 23.8 Å². The van der Waals surface area contributed by atoms with Crippen LogP contribution >= 0.6 is 0 Å². The van der Waals surface area contributed by atoms with E-state index in [1.807, 2.05) is 48.5 Å². The summed E-state index contributed by atoms with van der Waals surface area (Å²) in [6.07, 6.45) is 6.09. The minimum absolute atomic E-state index is 0.0109. The molecule has 1 aromatic heterocycles. The standard InChI is InChI=1S/C25H27N5O3/c31-22(16-4-1-2-5-16)27-19-11-7-17(8-12-19)24-29-30-25(33-24)18-9-13-20(14-10-18)28-23(32)21-6-3-15-26-21/h7-14,16,21,26H,1-6,15H2,(H,27,31)(H,28,32)/t21-/m0/s1. The lowest BCUT2D eigenvalue weighted by atomic mass is 10.1. The van der Waals surface area contributed by atoms with E-state index in [2.05, 4.69) is 26.1 Å². The van der Waals surface area contributed by atoms with Crippen molar-refractivity contribution in [2.75, 3.05) is 17.2 Å². The summed E-state index contributed by atoms with van der Waals surface area (Å²) in [5.41, 5.74) is 3.04. The molecule has 1 atom stereocenters. The monoisotopic (exact) mass is 445 g/mol. The number of amides is 2. The molecule has 0 spiro atoms. The van der Waals surface area contributed by atoms with Crippen LogP contribution < -0.4 is 16.0 Å². The van der Waals surface area contributed by atoms with Crippen LogP contribution in [0.5, 0.6) is 0 Å². The molecule has 3 aromatic rings. The fraction of sp³-hybridized carbons (Fsp3) is 0.360. The van der Waals surface area contributed by atoms with E-state index in [1.54, 1.807) is 0 Å². The normalized spacial score (nSPS) is 18.4. The highest BCUT2D eigenvalue weighted by molar-refractivity contribution is 5.95. The zero-order valence-electron chi connectivity index (χ0n) is 18.3. The highest BCUT2D eigenvalue weighted by Crippen LogP contribution is 2.28. The maximum Gasteiger partial charge on any atom is 0.248 e. The number of hydrogen-bond donors (Lipinski definition) is 3. The van der Waals surface area contributed by atoms with Crippen molar-refractivity contribution in [1.82, 2.24) is 15.5 Å². The Morgan fingerprint density at radius 3 is 1.82 bits per heavy atom. The highest BCUT2D eigenvalue weighted by Gasteiger charge is 2.23. The van der Waals surface area contributed by atoms with Crippen LogP contribution in [0.4, 0.5) is 11.4 Å². The molecule has 33 heavy (non-hydrogen) atoms. The van der Waals surface area contributed by atoms with Crippen LogP contribution in [0.15, 0.2) is 52.9 Å². The van der Waals surface area contributed by atoms with E-state index in [0.717, 1.165) is 67.6 Å². The molecular weight excluding hydrogens is 418 g/mol. The van der Waals surface area contributed by atoms with Crippen molar-refractivity contribution < 1.29 is 14.0 Å². The first-order valence-corrected chi connectivity index (χ1v) is 11.6. The van der Waals surface area contributed by atoms with Crippen molar-refractivity contribution in [3.63, 3.8) is 0 Å². The maximum absolute atomic E-state index is 12.3. The molecule has 2 fully saturated rings. The van der Waals surface area contributed by atoms with Crippen molar-refractivity contribution in [3.8, 4) is 22.9 Å². The predicted octanol–water partition coefficient (Wildman–Crippen LogP) is 4.22. The first kappa shape index (κ1) is 21.3. The van der Waals surface area contributed by atoms with Gasteiger partial charge in [-0.1, -0.05) is 12.8 Å². The zero-order valence-corrected chi connectivity index (χ0v) is 18.3. The summed E-state index contributed by atoms with van der Waals surface area (Å²) in [4.78, 5) is 24.5. The van der Waals surface area contributed by atoms with Crippen molar-refractivity contribution >= 4 is 23.2 Å². The van der Waals surface area contributed by atoms with Gasteiger partial charge in [0.2, 0.25) is 23.6 Å². The minimum atomic E-state index is -0.120. The Balaban J connectivity index is 1.21. The highest BCUT2D eigenvalue weighted by atomic mass is 16.4. The quantitative estimate of drug-likeness (QED) is 0.524. The number of nitrogens with one attached hydrogen (secondary N) is 3. The Bertz CT molecular complexity index is 1020. The lowest BCUT2D eigenvalue weighted by Gasteiger charge is -2.11. The lowest BCUT2D eigenvalue weighted by Crippen LogP contribution is -2.35. The fourth-order valence-electron chi connectivity index (χ4n) is 4.42. The minimum Gasteiger partial charge on any atom is -0.416 e. The van der Waals surface area contributed by atoms with Gasteiger partial charge in [0.25, 0.3) is 0 Å². The van der Waals surface area contributed by atoms with Crippen LogP contribution in [0.3, 0.4) is 0 Å². The van der Waals surface area contributed by atoms with Crippen LogP contribution in [-0.4, -0.2) is 34.6 Å². The van der Waals surface area contributed by atoms with Gasteiger partial charge in [0, 0.05) is 28.4 Å². The van der Waals surface area contributed by atoms with Crippen LogP contribution in [0.25, 0.3) is 22.9 Å². The first-order valence-electron chi connectivity index (χ1n) is 11.6. The van der Waals surface area contributed by atoms with Gasteiger partial charge in [0.15, 0.2) is 0 Å². The topological polar surface area (TPSA) is 109 Å². The van der Waals surface area contributed by atoms with E-state index < -0.39 is 0 Å². The van der Waals surface area contributed by atoms with E-state index in [0.29, 0.717) is 11.8 Å². The van der Waals surface area contributed by atoms with E-state index in [9.17, 15) is 9.59 Å². The Hall–Kier alpha value is -3.52. The summed E-state index contributed by atoms with van der Waals surface area (Å²) < 4.78 is 5.85. The molecular formula is C25H27N5O3. The number of carbonyl (C=O) groups is 2. The van der Waals surface area contributed by atoms with Crippen LogP contribution in [-0.2, 0) is 9.59 Å². The number of benzene rings is 2. The summed E-state index contributed by atoms with van der Waals surface area (Å²) in [6, 6.07) is 14.6. The SMILES string of the molecule is O=C(Nc1ccc(-c2nnc(-c3ccc(NC(=O)[C@@H]4CCCN4)cc3)o2)cc1)C1CCCC1. The van der Waals surface area contributed by atoms with Gasteiger partial charge in [-0.05, 0) is 80.8 Å². The second-order valence-electron chi connectivity index (χ2n) is 8.68. The molecule has 1 saturated carbocycles. The van der Waals surface area contributed by atoms with Crippen molar-refractivity contribution in [1.29, 1.82) is 0 Å². The molecule has 2 aromatic carbocycles. The second kappa shape index (κ2) is 9.54. The third kappa shape index (κ3) is 4.96. The summed E-state index contributed by atoms with van der Waals surface area (Å²) >= 11 is 0. The summed E-state index contributed by atoms with van der Waals surface area (Å²) in [7, 11) is 0.